The Morgan fingerprint density at radius 2 is 1.83 bits per heavy atom. The maximum Gasteiger partial charge on any atom is 0.255 e. The number of hydrogen-bond acceptors (Lipinski definition) is 3. The van der Waals surface area contributed by atoms with Crippen LogP contribution < -0.4 is 10.6 Å². The number of carbonyl (C=O) groups is 2. The first-order valence-electron chi connectivity index (χ1n) is 7.33. The predicted molar refractivity (Wildman–Crippen MR) is 94.3 cm³/mol. The van der Waals surface area contributed by atoms with Gasteiger partial charge in [0.25, 0.3) is 5.91 Å². The van der Waals surface area contributed by atoms with Crippen LogP contribution in [0.2, 0.25) is 0 Å². The van der Waals surface area contributed by atoms with Gasteiger partial charge in [-0.25, -0.2) is 0 Å². The third-order valence-corrected chi connectivity index (χ3v) is 4.86. The summed E-state index contributed by atoms with van der Waals surface area (Å²) in [5, 5.41) is 5.73. The molecular weight excluding hydrogens is 308 g/mol. The van der Waals surface area contributed by atoms with E-state index in [1.54, 1.807) is 30.0 Å². The number of amides is 2. The van der Waals surface area contributed by atoms with Gasteiger partial charge >= 0.3 is 0 Å². The molecule has 2 aromatic rings. The lowest BCUT2D eigenvalue weighted by atomic mass is 9.86. The number of carbonyl (C=O) groups excluding carboxylic acids is 2. The largest absolute Gasteiger partial charge is 0.325 e. The second-order valence-electron chi connectivity index (χ2n) is 6.02. The summed E-state index contributed by atoms with van der Waals surface area (Å²) in [6.45, 7) is 3.78. The van der Waals surface area contributed by atoms with Crippen molar-refractivity contribution in [2.45, 2.75) is 24.2 Å². The quantitative estimate of drug-likeness (QED) is 0.841. The monoisotopic (exact) mass is 326 g/mol. The van der Waals surface area contributed by atoms with Crippen LogP contribution in [0.25, 0.3) is 0 Å². The van der Waals surface area contributed by atoms with Crippen LogP contribution in [0.3, 0.4) is 0 Å². The highest BCUT2D eigenvalue weighted by Gasteiger charge is 2.38. The lowest BCUT2D eigenvalue weighted by molar-refractivity contribution is -0.119. The van der Waals surface area contributed by atoms with Crippen LogP contribution in [0.15, 0.2) is 47.4 Å². The average Bonchev–Trinajstić information content (AvgIpc) is 2.76. The molecule has 23 heavy (non-hydrogen) atoms. The zero-order valence-corrected chi connectivity index (χ0v) is 14.1. The van der Waals surface area contributed by atoms with Crippen molar-refractivity contribution >= 4 is 35.0 Å². The summed E-state index contributed by atoms with van der Waals surface area (Å²) >= 11 is 1.63. The summed E-state index contributed by atoms with van der Waals surface area (Å²) in [4.78, 5) is 25.4. The van der Waals surface area contributed by atoms with E-state index in [2.05, 4.69) is 10.6 Å². The number of benzene rings is 2. The summed E-state index contributed by atoms with van der Waals surface area (Å²) in [5.41, 5.74) is 2.44. The third-order valence-electron chi connectivity index (χ3n) is 4.12. The van der Waals surface area contributed by atoms with E-state index >= 15 is 0 Å². The van der Waals surface area contributed by atoms with Gasteiger partial charge < -0.3 is 10.6 Å². The Labute approximate surface area is 139 Å². The molecule has 2 aromatic carbocycles. The van der Waals surface area contributed by atoms with E-state index < -0.39 is 5.41 Å². The smallest absolute Gasteiger partial charge is 0.255 e. The van der Waals surface area contributed by atoms with Crippen LogP contribution >= 0.6 is 11.8 Å². The highest BCUT2D eigenvalue weighted by molar-refractivity contribution is 7.98. The second-order valence-corrected chi connectivity index (χ2v) is 6.90. The van der Waals surface area contributed by atoms with Crippen molar-refractivity contribution in [1.82, 2.24) is 0 Å². The van der Waals surface area contributed by atoms with Crippen molar-refractivity contribution < 1.29 is 9.59 Å². The Balaban J connectivity index is 1.80. The highest BCUT2D eigenvalue weighted by Crippen LogP contribution is 2.38. The SMILES string of the molecule is CSc1ccc(C(=O)Nc2ccc3c(c2)NC(=O)C3(C)C)cc1. The van der Waals surface area contributed by atoms with Crippen molar-refractivity contribution in [3.63, 3.8) is 0 Å². The molecule has 5 heteroatoms. The van der Waals surface area contributed by atoms with Crippen LogP contribution in [-0.4, -0.2) is 18.1 Å². The molecule has 3 rings (SSSR count). The number of rotatable bonds is 3. The number of hydrogen-bond donors (Lipinski definition) is 2. The van der Waals surface area contributed by atoms with Gasteiger partial charge in [-0.05, 0) is 62.1 Å². The van der Waals surface area contributed by atoms with E-state index in [1.165, 1.54) is 0 Å². The summed E-state index contributed by atoms with van der Waals surface area (Å²) in [5.74, 6) is -0.190. The number of nitrogens with one attached hydrogen (secondary N) is 2. The molecule has 0 fully saturated rings. The molecule has 0 bridgehead atoms. The molecule has 0 unspecified atom stereocenters. The minimum absolute atomic E-state index is 0.0244. The normalized spacial score (nSPS) is 15.0. The molecule has 2 amide bonds. The maximum absolute atomic E-state index is 12.3. The third kappa shape index (κ3) is 2.84. The Morgan fingerprint density at radius 1 is 1.13 bits per heavy atom. The van der Waals surface area contributed by atoms with Gasteiger partial charge in [0.15, 0.2) is 0 Å². The average molecular weight is 326 g/mol. The van der Waals surface area contributed by atoms with Gasteiger partial charge in [-0.15, -0.1) is 11.8 Å². The molecule has 0 atom stereocenters. The van der Waals surface area contributed by atoms with Crippen LogP contribution in [0, 0.1) is 0 Å². The van der Waals surface area contributed by atoms with Crippen molar-refractivity contribution in [2.24, 2.45) is 0 Å². The van der Waals surface area contributed by atoms with Gasteiger partial charge in [0.1, 0.15) is 0 Å². The van der Waals surface area contributed by atoms with Crippen molar-refractivity contribution in [2.75, 3.05) is 16.9 Å². The fourth-order valence-corrected chi connectivity index (χ4v) is 3.03. The van der Waals surface area contributed by atoms with Crippen molar-refractivity contribution in [1.29, 1.82) is 0 Å². The van der Waals surface area contributed by atoms with Crippen LogP contribution in [0.4, 0.5) is 11.4 Å². The molecule has 0 saturated heterocycles. The zero-order valence-electron chi connectivity index (χ0n) is 13.3. The predicted octanol–water partition coefficient (Wildman–Crippen LogP) is 3.89. The van der Waals surface area contributed by atoms with E-state index in [0.717, 1.165) is 16.1 Å². The molecule has 1 heterocycles. The molecule has 118 valence electrons. The Morgan fingerprint density at radius 3 is 2.48 bits per heavy atom. The van der Waals surface area contributed by atoms with E-state index in [4.69, 9.17) is 0 Å². The lowest BCUT2D eigenvalue weighted by Crippen LogP contribution is -2.26. The summed E-state index contributed by atoms with van der Waals surface area (Å²) in [7, 11) is 0. The zero-order chi connectivity index (χ0) is 16.6. The van der Waals surface area contributed by atoms with Gasteiger partial charge in [-0.3, -0.25) is 9.59 Å². The summed E-state index contributed by atoms with van der Waals surface area (Å²) < 4.78 is 0. The molecule has 0 spiro atoms. The Bertz CT molecular complexity index is 782. The van der Waals surface area contributed by atoms with E-state index in [0.29, 0.717) is 11.3 Å². The molecular formula is C18H18N2O2S. The van der Waals surface area contributed by atoms with E-state index in [9.17, 15) is 9.59 Å². The minimum atomic E-state index is -0.536. The van der Waals surface area contributed by atoms with Crippen molar-refractivity contribution in [3.05, 3.63) is 53.6 Å². The maximum atomic E-state index is 12.3. The van der Waals surface area contributed by atoms with Gasteiger partial charge in [-0.2, -0.15) is 0 Å². The lowest BCUT2D eigenvalue weighted by Gasteiger charge is -2.15. The van der Waals surface area contributed by atoms with Gasteiger partial charge in [0, 0.05) is 21.8 Å². The molecule has 1 aliphatic rings. The van der Waals surface area contributed by atoms with E-state index in [1.807, 2.05) is 44.4 Å². The Kier molecular flexibility index (Phi) is 3.90. The Hall–Kier alpha value is -2.27. The molecule has 0 aliphatic carbocycles. The first-order chi connectivity index (χ1) is 10.9. The van der Waals surface area contributed by atoms with Gasteiger partial charge in [0.2, 0.25) is 5.91 Å². The van der Waals surface area contributed by atoms with Crippen molar-refractivity contribution in [3.8, 4) is 0 Å². The topological polar surface area (TPSA) is 58.2 Å². The van der Waals surface area contributed by atoms with Crippen LogP contribution in [-0.2, 0) is 10.2 Å². The summed E-state index contributed by atoms with van der Waals surface area (Å²) in [6.07, 6.45) is 2.00. The first-order valence-corrected chi connectivity index (χ1v) is 8.55. The molecule has 0 radical (unpaired) electrons. The number of anilines is 2. The van der Waals surface area contributed by atoms with E-state index in [-0.39, 0.29) is 11.8 Å². The molecule has 2 N–H and O–H groups in total. The fourth-order valence-electron chi connectivity index (χ4n) is 2.62. The molecule has 4 nitrogen and oxygen atoms in total. The standard InChI is InChI=1S/C18H18N2O2S/c1-18(2)14-9-6-12(10-15(14)20-17(18)22)19-16(21)11-4-7-13(23-3)8-5-11/h4-10H,1-3H3,(H,19,21)(H,20,22). The number of fused-ring (bicyclic) bond motifs is 1. The second kappa shape index (κ2) is 5.74. The minimum Gasteiger partial charge on any atom is -0.325 e. The fraction of sp³-hybridized carbons (Fsp3) is 0.222. The molecule has 0 aromatic heterocycles. The highest BCUT2D eigenvalue weighted by atomic mass is 32.2. The molecule has 0 saturated carbocycles. The van der Waals surface area contributed by atoms with Crippen LogP contribution in [0.5, 0.6) is 0 Å². The number of thioether (sulfide) groups is 1. The molecule has 1 aliphatic heterocycles. The van der Waals surface area contributed by atoms with Gasteiger partial charge in [-0.1, -0.05) is 6.07 Å². The summed E-state index contributed by atoms with van der Waals surface area (Å²) in [6, 6.07) is 13.0. The first kappa shape index (κ1) is 15.6. The van der Waals surface area contributed by atoms with Gasteiger partial charge in [0.05, 0.1) is 5.41 Å². The van der Waals surface area contributed by atoms with Crippen LogP contribution in [0.1, 0.15) is 29.8 Å².